The Balaban J connectivity index is 1.58. The van der Waals surface area contributed by atoms with Crippen molar-refractivity contribution in [2.75, 3.05) is 39.3 Å². The first-order valence-electron chi connectivity index (χ1n) is 7.00. The van der Waals surface area contributed by atoms with Crippen molar-refractivity contribution in [3.8, 4) is 0 Å². The van der Waals surface area contributed by atoms with Crippen LogP contribution in [0.3, 0.4) is 0 Å². The summed E-state index contributed by atoms with van der Waals surface area (Å²) in [6.07, 6.45) is 7.33. The number of piperidine rings is 2. The molecule has 2 fully saturated rings. The van der Waals surface area contributed by atoms with Crippen LogP contribution in [0.15, 0.2) is 0 Å². The summed E-state index contributed by atoms with van der Waals surface area (Å²) < 4.78 is 5.33. The summed E-state index contributed by atoms with van der Waals surface area (Å²) in [5, 5.41) is 0. The van der Waals surface area contributed by atoms with Crippen LogP contribution in [0, 0.1) is 0 Å². The summed E-state index contributed by atoms with van der Waals surface area (Å²) >= 11 is 0. The summed E-state index contributed by atoms with van der Waals surface area (Å²) in [7, 11) is 0. The second kappa shape index (κ2) is 6.84. The summed E-state index contributed by atoms with van der Waals surface area (Å²) in [5.74, 6) is 0. The van der Waals surface area contributed by atoms with Crippen molar-refractivity contribution in [2.24, 2.45) is 0 Å². The Kier molecular flexibility index (Phi) is 5.10. The molecule has 2 aliphatic heterocycles. The number of hydrogen-bond donors (Lipinski definition) is 0. The SMILES string of the molecule is O=C(OCCN1CCCCC1)N1CCCCC1. The van der Waals surface area contributed by atoms with Gasteiger partial charge in [-0.1, -0.05) is 6.42 Å². The maximum Gasteiger partial charge on any atom is 0.409 e. The molecule has 0 atom stereocenters. The molecule has 0 unspecified atom stereocenters. The molecule has 0 N–H and O–H groups in total. The van der Waals surface area contributed by atoms with Crippen molar-refractivity contribution in [1.29, 1.82) is 0 Å². The molecule has 0 spiro atoms. The third kappa shape index (κ3) is 4.19. The maximum atomic E-state index is 11.7. The predicted molar refractivity (Wildman–Crippen MR) is 67.1 cm³/mol. The van der Waals surface area contributed by atoms with Gasteiger partial charge in [0.2, 0.25) is 0 Å². The zero-order chi connectivity index (χ0) is 11.9. The molecule has 0 radical (unpaired) electrons. The number of carbonyl (C=O) groups is 1. The Morgan fingerprint density at radius 3 is 2.12 bits per heavy atom. The van der Waals surface area contributed by atoms with Crippen molar-refractivity contribution in [1.82, 2.24) is 9.80 Å². The Morgan fingerprint density at radius 1 is 0.882 bits per heavy atom. The maximum absolute atomic E-state index is 11.7. The zero-order valence-corrected chi connectivity index (χ0v) is 10.7. The van der Waals surface area contributed by atoms with E-state index in [-0.39, 0.29) is 6.09 Å². The minimum atomic E-state index is -0.110. The van der Waals surface area contributed by atoms with Gasteiger partial charge >= 0.3 is 6.09 Å². The lowest BCUT2D eigenvalue weighted by atomic mass is 10.1. The van der Waals surface area contributed by atoms with E-state index in [2.05, 4.69) is 4.90 Å². The lowest BCUT2D eigenvalue weighted by molar-refractivity contribution is 0.0814. The number of ether oxygens (including phenoxy) is 1. The molecule has 0 aromatic carbocycles. The Bertz CT molecular complexity index is 234. The number of amides is 1. The van der Waals surface area contributed by atoms with Crippen LogP contribution in [0.5, 0.6) is 0 Å². The van der Waals surface area contributed by atoms with Gasteiger partial charge in [-0.15, -0.1) is 0 Å². The minimum Gasteiger partial charge on any atom is -0.448 e. The Labute approximate surface area is 104 Å². The molecular formula is C13H24N2O2. The summed E-state index contributed by atoms with van der Waals surface area (Å²) in [5.41, 5.74) is 0. The average molecular weight is 240 g/mol. The van der Waals surface area contributed by atoms with Gasteiger partial charge in [-0.2, -0.15) is 0 Å². The number of carbonyl (C=O) groups excluding carboxylic acids is 1. The highest BCUT2D eigenvalue weighted by molar-refractivity contribution is 5.67. The minimum absolute atomic E-state index is 0.110. The molecule has 0 saturated carbocycles. The summed E-state index contributed by atoms with van der Waals surface area (Å²) in [4.78, 5) is 16.0. The van der Waals surface area contributed by atoms with Gasteiger partial charge < -0.3 is 9.64 Å². The largest absolute Gasteiger partial charge is 0.448 e. The Morgan fingerprint density at radius 2 is 1.47 bits per heavy atom. The first-order chi connectivity index (χ1) is 8.36. The van der Waals surface area contributed by atoms with Crippen LogP contribution in [-0.2, 0) is 4.74 Å². The highest BCUT2D eigenvalue weighted by atomic mass is 16.6. The smallest absolute Gasteiger partial charge is 0.409 e. The van der Waals surface area contributed by atoms with Crippen molar-refractivity contribution >= 4 is 6.09 Å². The number of likely N-dealkylation sites (tertiary alicyclic amines) is 2. The standard InChI is InChI=1S/C13H24N2O2/c16-13(15-9-5-2-6-10-15)17-12-11-14-7-3-1-4-8-14/h1-12H2. The van der Waals surface area contributed by atoms with Crippen LogP contribution >= 0.6 is 0 Å². The molecule has 4 heteroatoms. The van der Waals surface area contributed by atoms with Gasteiger partial charge in [0, 0.05) is 19.6 Å². The summed E-state index contributed by atoms with van der Waals surface area (Å²) in [6, 6.07) is 0. The van der Waals surface area contributed by atoms with E-state index in [0.29, 0.717) is 6.61 Å². The molecule has 2 aliphatic rings. The molecule has 0 bridgehead atoms. The van der Waals surface area contributed by atoms with E-state index in [1.807, 2.05) is 4.90 Å². The fraction of sp³-hybridized carbons (Fsp3) is 0.923. The highest BCUT2D eigenvalue weighted by Gasteiger charge is 2.18. The first kappa shape index (κ1) is 12.7. The van der Waals surface area contributed by atoms with Crippen molar-refractivity contribution < 1.29 is 9.53 Å². The Hall–Kier alpha value is -0.770. The van der Waals surface area contributed by atoms with Crippen LogP contribution in [0.4, 0.5) is 4.79 Å². The van der Waals surface area contributed by atoms with E-state index >= 15 is 0 Å². The van der Waals surface area contributed by atoms with Crippen molar-refractivity contribution in [2.45, 2.75) is 38.5 Å². The van der Waals surface area contributed by atoms with E-state index in [9.17, 15) is 4.79 Å². The van der Waals surface area contributed by atoms with Crippen LogP contribution in [-0.4, -0.2) is 55.2 Å². The fourth-order valence-corrected chi connectivity index (χ4v) is 2.61. The van der Waals surface area contributed by atoms with Gasteiger partial charge in [0.15, 0.2) is 0 Å². The zero-order valence-electron chi connectivity index (χ0n) is 10.7. The molecule has 1 amide bonds. The molecular weight excluding hydrogens is 216 g/mol. The third-order valence-electron chi connectivity index (χ3n) is 3.70. The quantitative estimate of drug-likeness (QED) is 0.757. The van der Waals surface area contributed by atoms with Gasteiger partial charge in [-0.05, 0) is 45.2 Å². The highest BCUT2D eigenvalue weighted by Crippen LogP contribution is 2.10. The second-order valence-corrected chi connectivity index (χ2v) is 5.06. The molecule has 2 rings (SSSR count). The monoisotopic (exact) mass is 240 g/mol. The van der Waals surface area contributed by atoms with E-state index < -0.39 is 0 Å². The van der Waals surface area contributed by atoms with Gasteiger partial charge in [0.25, 0.3) is 0 Å². The molecule has 2 saturated heterocycles. The van der Waals surface area contributed by atoms with Crippen LogP contribution in [0.2, 0.25) is 0 Å². The molecule has 2 heterocycles. The van der Waals surface area contributed by atoms with Gasteiger partial charge in [0.1, 0.15) is 6.61 Å². The van der Waals surface area contributed by atoms with Crippen LogP contribution < -0.4 is 0 Å². The molecule has 4 nitrogen and oxygen atoms in total. The number of rotatable bonds is 3. The van der Waals surface area contributed by atoms with Crippen molar-refractivity contribution in [3.63, 3.8) is 0 Å². The molecule has 0 aromatic heterocycles. The third-order valence-corrected chi connectivity index (χ3v) is 3.70. The molecule has 98 valence electrons. The normalized spacial score (nSPS) is 22.5. The van der Waals surface area contributed by atoms with E-state index in [0.717, 1.165) is 32.5 Å². The lowest BCUT2D eigenvalue weighted by Crippen LogP contribution is -2.38. The van der Waals surface area contributed by atoms with E-state index in [1.54, 1.807) is 0 Å². The van der Waals surface area contributed by atoms with Crippen molar-refractivity contribution in [3.05, 3.63) is 0 Å². The van der Waals surface area contributed by atoms with E-state index in [1.165, 1.54) is 38.8 Å². The molecule has 0 aliphatic carbocycles. The predicted octanol–water partition coefficient (Wildman–Crippen LogP) is 2.09. The van der Waals surface area contributed by atoms with Crippen LogP contribution in [0.25, 0.3) is 0 Å². The average Bonchev–Trinajstić information content (AvgIpc) is 2.41. The topological polar surface area (TPSA) is 32.8 Å². The molecule has 17 heavy (non-hydrogen) atoms. The van der Waals surface area contributed by atoms with Gasteiger partial charge in [-0.3, -0.25) is 4.90 Å². The van der Waals surface area contributed by atoms with Gasteiger partial charge in [0.05, 0.1) is 0 Å². The fourth-order valence-electron chi connectivity index (χ4n) is 2.61. The van der Waals surface area contributed by atoms with E-state index in [4.69, 9.17) is 4.74 Å². The summed E-state index contributed by atoms with van der Waals surface area (Å²) in [6.45, 7) is 5.54. The first-order valence-corrected chi connectivity index (χ1v) is 7.00. The second-order valence-electron chi connectivity index (χ2n) is 5.06. The number of hydrogen-bond acceptors (Lipinski definition) is 3. The van der Waals surface area contributed by atoms with Gasteiger partial charge in [-0.25, -0.2) is 4.79 Å². The molecule has 0 aromatic rings. The number of nitrogens with zero attached hydrogens (tertiary/aromatic N) is 2. The lowest BCUT2D eigenvalue weighted by Gasteiger charge is -2.28. The van der Waals surface area contributed by atoms with Crippen LogP contribution in [0.1, 0.15) is 38.5 Å².